The van der Waals surface area contributed by atoms with Gasteiger partial charge in [-0.05, 0) is 36.6 Å². The fourth-order valence-electron chi connectivity index (χ4n) is 2.95. The van der Waals surface area contributed by atoms with Crippen LogP contribution in [0, 0.1) is 11.3 Å². The Bertz CT molecular complexity index is 761. The molecule has 1 aromatic heterocycles. The largest absolute Gasteiger partial charge is 0.412 e. The molecule has 1 aromatic carbocycles. The molecule has 0 spiro atoms. The Hall–Kier alpha value is -2.87. The highest BCUT2D eigenvalue weighted by atomic mass is 16.6. The van der Waals surface area contributed by atoms with Crippen molar-refractivity contribution in [3.05, 3.63) is 48.3 Å². The fourth-order valence-corrected chi connectivity index (χ4v) is 2.95. The second kappa shape index (κ2) is 7.60. The molecule has 1 N–H and O–H groups in total. The van der Waals surface area contributed by atoms with Gasteiger partial charge in [-0.1, -0.05) is 31.4 Å². The number of pyridine rings is 1. The van der Waals surface area contributed by atoms with Crippen LogP contribution in [-0.4, -0.2) is 17.1 Å². The maximum atomic E-state index is 12.0. The summed E-state index contributed by atoms with van der Waals surface area (Å²) in [6, 6.07) is 11.3. The maximum Gasteiger partial charge on any atom is 0.412 e. The van der Waals surface area contributed by atoms with Crippen LogP contribution in [0.3, 0.4) is 0 Å². The van der Waals surface area contributed by atoms with Gasteiger partial charge >= 0.3 is 6.09 Å². The molecule has 1 amide bonds. The lowest BCUT2D eigenvalue weighted by molar-refractivity contribution is 0.192. The molecular formula is C19H19N3O2. The van der Waals surface area contributed by atoms with Crippen LogP contribution in [0.4, 0.5) is 4.79 Å². The lowest BCUT2D eigenvalue weighted by Crippen LogP contribution is -2.37. The van der Waals surface area contributed by atoms with E-state index in [4.69, 9.17) is 10.00 Å². The predicted molar refractivity (Wildman–Crippen MR) is 90.4 cm³/mol. The van der Waals surface area contributed by atoms with Crippen LogP contribution < -0.4 is 10.1 Å². The molecule has 1 fully saturated rings. The number of nitriles is 1. The summed E-state index contributed by atoms with van der Waals surface area (Å²) in [4.78, 5) is 16.1. The molecule has 0 radical (unpaired) electrons. The van der Waals surface area contributed by atoms with Crippen LogP contribution in [0.2, 0.25) is 0 Å². The van der Waals surface area contributed by atoms with E-state index in [1.165, 1.54) is 12.6 Å². The number of benzene rings is 1. The zero-order valence-electron chi connectivity index (χ0n) is 13.4. The first-order chi connectivity index (χ1) is 11.7. The van der Waals surface area contributed by atoms with Crippen molar-refractivity contribution in [1.82, 2.24) is 10.3 Å². The standard InChI is InChI=1S/C19H19N3O2/c20-11-14-9-16(13-21-12-14)15-5-4-8-18(10-15)24-19(23)22-17-6-2-1-3-7-17/h4-5,8-10,12-13,17H,1-3,6-7H2,(H,22,23). The number of rotatable bonds is 3. The van der Waals surface area contributed by atoms with Crippen LogP contribution in [0.5, 0.6) is 5.75 Å². The van der Waals surface area contributed by atoms with Crippen molar-refractivity contribution in [1.29, 1.82) is 5.26 Å². The first-order valence-corrected chi connectivity index (χ1v) is 8.18. The van der Waals surface area contributed by atoms with Gasteiger partial charge in [0.15, 0.2) is 0 Å². The smallest absolute Gasteiger partial charge is 0.410 e. The van der Waals surface area contributed by atoms with E-state index in [0.29, 0.717) is 11.3 Å². The summed E-state index contributed by atoms with van der Waals surface area (Å²) in [5.74, 6) is 0.475. The van der Waals surface area contributed by atoms with Gasteiger partial charge < -0.3 is 10.1 Å². The fraction of sp³-hybridized carbons (Fsp3) is 0.316. The Morgan fingerprint density at radius 3 is 2.79 bits per heavy atom. The molecule has 5 heteroatoms. The maximum absolute atomic E-state index is 12.0. The molecule has 2 aromatic rings. The molecular weight excluding hydrogens is 302 g/mol. The Morgan fingerprint density at radius 2 is 2.00 bits per heavy atom. The van der Waals surface area contributed by atoms with Gasteiger partial charge in [-0.25, -0.2) is 4.79 Å². The van der Waals surface area contributed by atoms with E-state index in [1.807, 2.05) is 12.1 Å². The number of nitrogens with zero attached hydrogens (tertiary/aromatic N) is 2. The third kappa shape index (κ3) is 4.11. The lowest BCUT2D eigenvalue weighted by atomic mass is 9.96. The highest BCUT2D eigenvalue weighted by Crippen LogP contribution is 2.24. The summed E-state index contributed by atoms with van der Waals surface area (Å²) in [6.07, 6.45) is 8.37. The first-order valence-electron chi connectivity index (χ1n) is 8.18. The zero-order chi connectivity index (χ0) is 16.8. The van der Waals surface area contributed by atoms with Crippen molar-refractivity contribution < 1.29 is 9.53 Å². The zero-order valence-corrected chi connectivity index (χ0v) is 13.4. The second-order valence-corrected chi connectivity index (χ2v) is 5.97. The van der Waals surface area contributed by atoms with Crippen LogP contribution in [0.25, 0.3) is 11.1 Å². The van der Waals surface area contributed by atoms with Gasteiger partial charge in [0.1, 0.15) is 11.8 Å². The van der Waals surface area contributed by atoms with Crippen molar-refractivity contribution >= 4 is 6.09 Å². The Morgan fingerprint density at radius 1 is 1.17 bits per heavy atom. The molecule has 1 heterocycles. The Kier molecular flexibility index (Phi) is 5.07. The van der Waals surface area contributed by atoms with Gasteiger partial charge in [0.25, 0.3) is 0 Å². The average Bonchev–Trinajstić information content (AvgIpc) is 2.63. The number of hydrogen-bond acceptors (Lipinski definition) is 4. The van der Waals surface area contributed by atoms with Crippen LogP contribution in [0.15, 0.2) is 42.7 Å². The molecule has 1 aliphatic rings. The molecule has 24 heavy (non-hydrogen) atoms. The number of amides is 1. The van der Waals surface area contributed by atoms with Crippen molar-refractivity contribution in [2.24, 2.45) is 0 Å². The van der Waals surface area contributed by atoms with E-state index in [0.717, 1.165) is 36.8 Å². The van der Waals surface area contributed by atoms with E-state index in [2.05, 4.69) is 16.4 Å². The van der Waals surface area contributed by atoms with Crippen molar-refractivity contribution in [3.8, 4) is 22.9 Å². The average molecular weight is 321 g/mol. The van der Waals surface area contributed by atoms with Crippen molar-refractivity contribution in [2.75, 3.05) is 0 Å². The van der Waals surface area contributed by atoms with Crippen LogP contribution in [0.1, 0.15) is 37.7 Å². The third-order valence-electron chi connectivity index (χ3n) is 4.17. The number of ether oxygens (including phenoxy) is 1. The van der Waals surface area contributed by atoms with Crippen molar-refractivity contribution in [2.45, 2.75) is 38.1 Å². The molecule has 0 bridgehead atoms. The van der Waals surface area contributed by atoms with Gasteiger partial charge in [0.2, 0.25) is 0 Å². The summed E-state index contributed by atoms with van der Waals surface area (Å²) < 4.78 is 5.40. The Balaban J connectivity index is 1.68. The molecule has 0 atom stereocenters. The molecule has 3 rings (SSSR count). The summed E-state index contributed by atoms with van der Waals surface area (Å²) >= 11 is 0. The van der Waals surface area contributed by atoms with Crippen LogP contribution >= 0.6 is 0 Å². The minimum Gasteiger partial charge on any atom is -0.410 e. The van der Waals surface area contributed by atoms with Gasteiger partial charge in [-0.3, -0.25) is 4.98 Å². The highest BCUT2D eigenvalue weighted by molar-refractivity contribution is 5.72. The number of carbonyl (C=O) groups excluding carboxylic acids is 1. The summed E-state index contributed by atoms with van der Waals surface area (Å²) in [6.45, 7) is 0. The quantitative estimate of drug-likeness (QED) is 0.925. The SMILES string of the molecule is N#Cc1cncc(-c2cccc(OC(=O)NC3CCCCC3)c2)c1. The summed E-state index contributed by atoms with van der Waals surface area (Å²) in [5.41, 5.74) is 2.16. The minimum atomic E-state index is -0.414. The van der Waals surface area contributed by atoms with Gasteiger partial charge in [0, 0.05) is 24.0 Å². The molecule has 1 aliphatic carbocycles. The molecule has 0 saturated heterocycles. The number of hydrogen-bond donors (Lipinski definition) is 1. The van der Waals surface area contributed by atoms with Gasteiger partial charge in [-0.15, -0.1) is 0 Å². The van der Waals surface area contributed by atoms with E-state index < -0.39 is 6.09 Å². The number of carbonyl (C=O) groups is 1. The molecule has 122 valence electrons. The Labute approximate surface area is 141 Å². The predicted octanol–water partition coefficient (Wildman–Crippen LogP) is 4.04. The highest BCUT2D eigenvalue weighted by Gasteiger charge is 2.16. The molecule has 0 unspecified atom stereocenters. The lowest BCUT2D eigenvalue weighted by Gasteiger charge is -2.22. The van der Waals surface area contributed by atoms with Crippen molar-refractivity contribution in [3.63, 3.8) is 0 Å². The minimum absolute atomic E-state index is 0.214. The normalized spacial score (nSPS) is 14.6. The van der Waals surface area contributed by atoms with E-state index in [9.17, 15) is 4.79 Å². The molecule has 0 aliphatic heterocycles. The summed E-state index contributed by atoms with van der Waals surface area (Å²) in [5, 5.41) is 11.9. The van der Waals surface area contributed by atoms with Crippen LogP contribution in [-0.2, 0) is 0 Å². The van der Waals surface area contributed by atoms with E-state index in [-0.39, 0.29) is 6.04 Å². The number of aromatic nitrogens is 1. The topological polar surface area (TPSA) is 75.0 Å². The van der Waals surface area contributed by atoms with E-state index in [1.54, 1.807) is 24.4 Å². The first kappa shape index (κ1) is 16.0. The summed E-state index contributed by atoms with van der Waals surface area (Å²) in [7, 11) is 0. The monoisotopic (exact) mass is 321 g/mol. The third-order valence-corrected chi connectivity index (χ3v) is 4.17. The van der Waals surface area contributed by atoms with E-state index >= 15 is 0 Å². The molecule has 1 saturated carbocycles. The second-order valence-electron chi connectivity index (χ2n) is 5.97. The van der Waals surface area contributed by atoms with Gasteiger partial charge in [0.05, 0.1) is 5.56 Å². The molecule has 5 nitrogen and oxygen atoms in total. The van der Waals surface area contributed by atoms with Gasteiger partial charge in [-0.2, -0.15) is 5.26 Å². The number of nitrogens with one attached hydrogen (secondary N) is 1.